The Labute approximate surface area is 125 Å². The third kappa shape index (κ3) is 3.67. The van der Waals surface area contributed by atoms with Crippen LogP contribution in [0.1, 0.15) is 17.2 Å². The molecule has 0 aliphatic carbocycles. The number of anilines is 1. The molecule has 0 radical (unpaired) electrons. The SMILES string of the molecule is COc1cccc(NC(CN)c2ccc(OC)c(C)c2)c1. The summed E-state index contributed by atoms with van der Waals surface area (Å²) in [6.45, 7) is 2.53. The van der Waals surface area contributed by atoms with E-state index in [9.17, 15) is 0 Å². The maximum Gasteiger partial charge on any atom is 0.121 e. The molecule has 0 heterocycles. The predicted octanol–water partition coefficient (Wildman–Crippen LogP) is 3.12. The molecule has 0 spiro atoms. The first-order valence-corrected chi connectivity index (χ1v) is 6.93. The topological polar surface area (TPSA) is 56.5 Å². The van der Waals surface area contributed by atoms with E-state index in [1.54, 1.807) is 14.2 Å². The van der Waals surface area contributed by atoms with Gasteiger partial charge in [-0.3, -0.25) is 0 Å². The van der Waals surface area contributed by atoms with Crippen LogP contribution in [0.3, 0.4) is 0 Å². The highest BCUT2D eigenvalue weighted by Gasteiger charge is 2.11. The number of ether oxygens (including phenoxy) is 2. The van der Waals surface area contributed by atoms with E-state index in [4.69, 9.17) is 15.2 Å². The maximum absolute atomic E-state index is 5.92. The summed E-state index contributed by atoms with van der Waals surface area (Å²) in [7, 11) is 3.34. The Morgan fingerprint density at radius 3 is 2.52 bits per heavy atom. The van der Waals surface area contributed by atoms with Gasteiger partial charge < -0.3 is 20.5 Å². The fourth-order valence-corrected chi connectivity index (χ4v) is 2.31. The lowest BCUT2D eigenvalue weighted by Crippen LogP contribution is -2.20. The van der Waals surface area contributed by atoms with Crippen LogP contribution in [-0.4, -0.2) is 20.8 Å². The van der Waals surface area contributed by atoms with Crippen molar-refractivity contribution in [3.63, 3.8) is 0 Å². The van der Waals surface area contributed by atoms with E-state index in [1.807, 2.05) is 43.3 Å². The summed E-state index contributed by atoms with van der Waals surface area (Å²) in [6.07, 6.45) is 0. The summed E-state index contributed by atoms with van der Waals surface area (Å²) in [6, 6.07) is 14.0. The summed E-state index contributed by atoms with van der Waals surface area (Å²) in [5, 5.41) is 3.44. The average molecular weight is 286 g/mol. The highest BCUT2D eigenvalue weighted by Crippen LogP contribution is 2.26. The van der Waals surface area contributed by atoms with Gasteiger partial charge in [-0.1, -0.05) is 18.2 Å². The molecule has 4 nitrogen and oxygen atoms in total. The fraction of sp³-hybridized carbons (Fsp3) is 0.294. The van der Waals surface area contributed by atoms with E-state index in [0.717, 1.165) is 28.3 Å². The largest absolute Gasteiger partial charge is 0.497 e. The quantitative estimate of drug-likeness (QED) is 0.856. The second-order valence-electron chi connectivity index (χ2n) is 4.89. The minimum absolute atomic E-state index is 0.0433. The van der Waals surface area contributed by atoms with E-state index in [1.165, 1.54) is 0 Å². The van der Waals surface area contributed by atoms with Gasteiger partial charge in [0.05, 0.1) is 20.3 Å². The molecular formula is C17H22N2O2. The van der Waals surface area contributed by atoms with Gasteiger partial charge in [0, 0.05) is 18.3 Å². The first-order chi connectivity index (χ1) is 10.2. The second kappa shape index (κ2) is 6.99. The molecule has 1 atom stereocenters. The molecular weight excluding hydrogens is 264 g/mol. The Bertz CT molecular complexity index is 599. The summed E-state index contributed by atoms with van der Waals surface area (Å²) < 4.78 is 10.5. The summed E-state index contributed by atoms with van der Waals surface area (Å²) in [5.74, 6) is 1.71. The van der Waals surface area contributed by atoms with Crippen LogP contribution in [0.5, 0.6) is 11.5 Å². The Hall–Kier alpha value is -2.20. The Balaban J connectivity index is 2.21. The fourth-order valence-electron chi connectivity index (χ4n) is 2.31. The second-order valence-corrected chi connectivity index (χ2v) is 4.89. The molecule has 0 amide bonds. The van der Waals surface area contributed by atoms with Gasteiger partial charge in [-0.15, -0.1) is 0 Å². The van der Waals surface area contributed by atoms with Crippen LogP contribution in [0.15, 0.2) is 42.5 Å². The lowest BCUT2D eigenvalue weighted by Gasteiger charge is -2.20. The van der Waals surface area contributed by atoms with Crippen LogP contribution in [0.25, 0.3) is 0 Å². The zero-order chi connectivity index (χ0) is 15.2. The first kappa shape index (κ1) is 15.2. The number of rotatable bonds is 6. The van der Waals surface area contributed by atoms with Crippen molar-refractivity contribution in [3.05, 3.63) is 53.6 Å². The Morgan fingerprint density at radius 1 is 1.10 bits per heavy atom. The van der Waals surface area contributed by atoms with Crippen LogP contribution in [-0.2, 0) is 0 Å². The van der Waals surface area contributed by atoms with Gasteiger partial charge >= 0.3 is 0 Å². The summed E-state index contributed by atoms with van der Waals surface area (Å²) in [4.78, 5) is 0. The normalized spacial score (nSPS) is 11.8. The molecule has 3 N–H and O–H groups in total. The van der Waals surface area contributed by atoms with Gasteiger partial charge in [-0.05, 0) is 36.2 Å². The number of benzene rings is 2. The van der Waals surface area contributed by atoms with Crippen LogP contribution >= 0.6 is 0 Å². The number of hydrogen-bond donors (Lipinski definition) is 2. The van der Waals surface area contributed by atoms with Crippen molar-refractivity contribution in [1.82, 2.24) is 0 Å². The Kier molecular flexibility index (Phi) is 5.06. The van der Waals surface area contributed by atoms with Crippen LogP contribution < -0.4 is 20.5 Å². The van der Waals surface area contributed by atoms with E-state index >= 15 is 0 Å². The van der Waals surface area contributed by atoms with E-state index in [-0.39, 0.29) is 6.04 Å². The van der Waals surface area contributed by atoms with Crippen molar-refractivity contribution < 1.29 is 9.47 Å². The maximum atomic E-state index is 5.92. The lowest BCUT2D eigenvalue weighted by atomic mass is 10.0. The van der Waals surface area contributed by atoms with Crippen molar-refractivity contribution in [3.8, 4) is 11.5 Å². The molecule has 0 aliphatic rings. The molecule has 0 bridgehead atoms. The van der Waals surface area contributed by atoms with Gasteiger partial charge in [-0.25, -0.2) is 0 Å². The van der Waals surface area contributed by atoms with Crippen LogP contribution in [0, 0.1) is 6.92 Å². The van der Waals surface area contributed by atoms with E-state index in [0.29, 0.717) is 6.54 Å². The van der Waals surface area contributed by atoms with Crippen molar-refractivity contribution in [1.29, 1.82) is 0 Å². The summed E-state index contributed by atoms with van der Waals surface area (Å²) >= 11 is 0. The molecule has 1 unspecified atom stereocenters. The lowest BCUT2D eigenvalue weighted by molar-refractivity contribution is 0.411. The van der Waals surface area contributed by atoms with Crippen molar-refractivity contribution in [2.24, 2.45) is 5.73 Å². The molecule has 0 saturated heterocycles. The molecule has 0 fully saturated rings. The van der Waals surface area contributed by atoms with Crippen molar-refractivity contribution in [2.45, 2.75) is 13.0 Å². The minimum atomic E-state index is 0.0433. The van der Waals surface area contributed by atoms with Gasteiger partial charge in [0.1, 0.15) is 11.5 Å². The van der Waals surface area contributed by atoms with Crippen molar-refractivity contribution >= 4 is 5.69 Å². The highest BCUT2D eigenvalue weighted by molar-refractivity contribution is 5.50. The molecule has 2 aromatic rings. The van der Waals surface area contributed by atoms with Gasteiger partial charge in [0.25, 0.3) is 0 Å². The number of nitrogens with one attached hydrogen (secondary N) is 1. The van der Waals surface area contributed by atoms with Gasteiger partial charge in [-0.2, -0.15) is 0 Å². The number of methoxy groups -OCH3 is 2. The number of hydrogen-bond acceptors (Lipinski definition) is 4. The molecule has 0 saturated carbocycles. The average Bonchev–Trinajstić information content (AvgIpc) is 2.52. The molecule has 4 heteroatoms. The van der Waals surface area contributed by atoms with E-state index < -0.39 is 0 Å². The predicted molar refractivity (Wildman–Crippen MR) is 86.1 cm³/mol. The summed E-state index contributed by atoms with van der Waals surface area (Å²) in [5.41, 5.74) is 9.14. The zero-order valence-electron chi connectivity index (χ0n) is 12.7. The van der Waals surface area contributed by atoms with E-state index in [2.05, 4.69) is 11.4 Å². The standard InChI is InChI=1S/C17H22N2O2/c1-12-9-13(7-8-17(12)21-3)16(11-18)19-14-5-4-6-15(10-14)20-2/h4-10,16,19H,11,18H2,1-3H3. The molecule has 0 aromatic heterocycles. The number of nitrogens with two attached hydrogens (primary N) is 1. The monoisotopic (exact) mass is 286 g/mol. The Morgan fingerprint density at radius 2 is 1.90 bits per heavy atom. The molecule has 2 aromatic carbocycles. The van der Waals surface area contributed by atoms with Gasteiger partial charge in [0.15, 0.2) is 0 Å². The molecule has 112 valence electrons. The highest BCUT2D eigenvalue weighted by atomic mass is 16.5. The molecule has 2 rings (SSSR count). The number of aryl methyl sites for hydroxylation is 1. The first-order valence-electron chi connectivity index (χ1n) is 6.93. The van der Waals surface area contributed by atoms with Gasteiger partial charge in [0.2, 0.25) is 0 Å². The van der Waals surface area contributed by atoms with Crippen LogP contribution in [0.2, 0.25) is 0 Å². The third-order valence-corrected chi connectivity index (χ3v) is 3.47. The molecule has 0 aliphatic heterocycles. The smallest absolute Gasteiger partial charge is 0.121 e. The van der Waals surface area contributed by atoms with Crippen LogP contribution in [0.4, 0.5) is 5.69 Å². The minimum Gasteiger partial charge on any atom is -0.497 e. The zero-order valence-corrected chi connectivity index (χ0v) is 12.7. The third-order valence-electron chi connectivity index (χ3n) is 3.47. The molecule has 21 heavy (non-hydrogen) atoms. The van der Waals surface area contributed by atoms with Crippen molar-refractivity contribution in [2.75, 3.05) is 26.1 Å².